The number of hydrogen-bond acceptors (Lipinski definition) is 3. The molecule has 0 aliphatic rings. The summed E-state index contributed by atoms with van der Waals surface area (Å²) in [6.45, 7) is 7.21. The first kappa shape index (κ1) is 10.7. The van der Waals surface area contributed by atoms with Crippen molar-refractivity contribution in [2.24, 2.45) is 0 Å². The normalized spacial score (nSPS) is 10.2. The Balaban J connectivity index is 2.77. The van der Waals surface area contributed by atoms with E-state index >= 15 is 0 Å². The lowest BCUT2D eigenvalue weighted by atomic mass is 10.4. The molecule has 0 radical (unpaired) electrons. The number of nitrogens with one attached hydrogen (secondary N) is 1. The summed E-state index contributed by atoms with van der Waals surface area (Å²) in [6, 6.07) is 0. The molecule has 1 N–H and O–H groups in total. The molecule has 0 atom stereocenters. The highest BCUT2D eigenvalue weighted by atomic mass is 16.2. The standard InChI is InChI=1S/C9H16N4O/c1-4-7-10-8(12-11-7)9(14)13(5-2)6-3/h4-6H2,1-3H3,(H,10,11,12). The predicted molar refractivity (Wildman–Crippen MR) is 53.0 cm³/mol. The molecule has 78 valence electrons. The first-order valence-electron chi connectivity index (χ1n) is 4.93. The molecule has 5 nitrogen and oxygen atoms in total. The summed E-state index contributed by atoms with van der Waals surface area (Å²) in [5.41, 5.74) is 0. The summed E-state index contributed by atoms with van der Waals surface area (Å²) in [5, 5.41) is 6.61. The minimum atomic E-state index is -0.106. The van der Waals surface area contributed by atoms with E-state index in [1.165, 1.54) is 0 Å². The average molecular weight is 196 g/mol. The minimum absolute atomic E-state index is 0.106. The van der Waals surface area contributed by atoms with Gasteiger partial charge in [-0.3, -0.25) is 9.89 Å². The SMILES string of the molecule is CCc1nc(C(=O)N(CC)CC)n[nH]1. The van der Waals surface area contributed by atoms with E-state index in [0.29, 0.717) is 13.1 Å². The summed E-state index contributed by atoms with van der Waals surface area (Å²) in [5.74, 6) is 0.914. The lowest BCUT2D eigenvalue weighted by Crippen LogP contribution is -2.31. The smallest absolute Gasteiger partial charge is 0.293 e. The maximum Gasteiger partial charge on any atom is 0.293 e. The fourth-order valence-corrected chi connectivity index (χ4v) is 1.20. The van der Waals surface area contributed by atoms with E-state index in [-0.39, 0.29) is 11.7 Å². The maximum atomic E-state index is 11.7. The van der Waals surface area contributed by atoms with Crippen LogP contribution in [0, 0.1) is 0 Å². The van der Waals surface area contributed by atoms with E-state index < -0.39 is 0 Å². The second kappa shape index (κ2) is 4.74. The van der Waals surface area contributed by atoms with Crippen LogP contribution in [0.1, 0.15) is 37.2 Å². The van der Waals surface area contributed by atoms with Gasteiger partial charge in [-0.25, -0.2) is 4.98 Å². The van der Waals surface area contributed by atoms with Crippen molar-refractivity contribution in [3.63, 3.8) is 0 Å². The molecule has 0 aliphatic carbocycles. The van der Waals surface area contributed by atoms with Crippen LogP contribution in [0.3, 0.4) is 0 Å². The zero-order chi connectivity index (χ0) is 10.6. The molecule has 0 spiro atoms. The molecule has 1 aromatic rings. The van der Waals surface area contributed by atoms with Gasteiger partial charge in [-0.2, -0.15) is 0 Å². The van der Waals surface area contributed by atoms with Crippen molar-refractivity contribution in [3.05, 3.63) is 11.6 Å². The van der Waals surface area contributed by atoms with Crippen LogP contribution in [-0.4, -0.2) is 39.1 Å². The third-order valence-corrected chi connectivity index (χ3v) is 2.11. The lowest BCUT2D eigenvalue weighted by Gasteiger charge is -2.15. The van der Waals surface area contributed by atoms with Gasteiger partial charge in [-0.15, -0.1) is 5.10 Å². The molecule has 1 heterocycles. The third-order valence-electron chi connectivity index (χ3n) is 2.11. The Morgan fingerprint density at radius 3 is 2.43 bits per heavy atom. The monoisotopic (exact) mass is 196 g/mol. The van der Waals surface area contributed by atoms with Crippen LogP contribution in [0.4, 0.5) is 0 Å². The van der Waals surface area contributed by atoms with Gasteiger partial charge in [0.25, 0.3) is 5.91 Å². The fourth-order valence-electron chi connectivity index (χ4n) is 1.20. The zero-order valence-corrected chi connectivity index (χ0v) is 8.87. The molecule has 1 aromatic heterocycles. The van der Waals surface area contributed by atoms with E-state index in [9.17, 15) is 4.79 Å². The first-order chi connectivity index (χ1) is 6.72. The van der Waals surface area contributed by atoms with E-state index in [1.54, 1.807) is 4.90 Å². The molecule has 5 heteroatoms. The van der Waals surface area contributed by atoms with Crippen molar-refractivity contribution in [1.29, 1.82) is 0 Å². The van der Waals surface area contributed by atoms with Crippen LogP contribution in [0.25, 0.3) is 0 Å². The van der Waals surface area contributed by atoms with Crippen molar-refractivity contribution in [3.8, 4) is 0 Å². The summed E-state index contributed by atoms with van der Waals surface area (Å²) in [7, 11) is 0. The average Bonchev–Trinajstić information content (AvgIpc) is 2.67. The van der Waals surface area contributed by atoms with Gasteiger partial charge in [0.15, 0.2) is 0 Å². The van der Waals surface area contributed by atoms with Crippen molar-refractivity contribution >= 4 is 5.91 Å². The number of aromatic nitrogens is 3. The van der Waals surface area contributed by atoms with Gasteiger partial charge in [0.2, 0.25) is 5.82 Å². The highest BCUT2D eigenvalue weighted by Crippen LogP contribution is 1.99. The highest BCUT2D eigenvalue weighted by Gasteiger charge is 2.16. The largest absolute Gasteiger partial charge is 0.336 e. The number of H-pyrrole nitrogens is 1. The fraction of sp³-hybridized carbons (Fsp3) is 0.667. The predicted octanol–water partition coefficient (Wildman–Crippen LogP) is 0.849. The van der Waals surface area contributed by atoms with Crippen LogP contribution in [0.2, 0.25) is 0 Å². The second-order valence-corrected chi connectivity index (χ2v) is 2.94. The Morgan fingerprint density at radius 1 is 1.36 bits per heavy atom. The van der Waals surface area contributed by atoms with Crippen molar-refractivity contribution < 1.29 is 4.79 Å². The topological polar surface area (TPSA) is 61.9 Å². The highest BCUT2D eigenvalue weighted by molar-refractivity contribution is 5.90. The van der Waals surface area contributed by atoms with Crippen LogP contribution < -0.4 is 0 Å². The van der Waals surface area contributed by atoms with Gasteiger partial charge < -0.3 is 4.90 Å². The molecule has 1 rings (SSSR count). The Morgan fingerprint density at radius 2 is 2.00 bits per heavy atom. The number of nitrogens with zero attached hydrogens (tertiary/aromatic N) is 3. The number of carbonyl (C=O) groups excluding carboxylic acids is 1. The van der Waals surface area contributed by atoms with Crippen molar-refractivity contribution in [2.45, 2.75) is 27.2 Å². The van der Waals surface area contributed by atoms with Crippen LogP contribution >= 0.6 is 0 Å². The van der Waals surface area contributed by atoms with Crippen molar-refractivity contribution in [2.75, 3.05) is 13.1 Å². The van der Waals surface area contributed by atoms with Crippen LogP contribution in [0.5, 0.6) is 0 Å². The third kappa shape index (κ3) is 2.10. The molecule has 0 unspecified atom stereocenters. The molecule has 0 saturated carbocycles. The molecule has 14 heavy (non-hydrogen) atoms. The molecule has 0 aliphatic heterocycles. The number of hydrogen-bond donors (Lipinski definition) is 1. The number of aromatic amines is 1. The molecule has 1 amide bonds. The summed E-state index contributed by atoms with van der Waals surface area (Å²) < 4.78 is 0. The van der Waals surface area contributed by atoms with Gasteiger partial charge in [0.05, 0.1) is 0 Å². The maximum absolute atomic E-state index is 11.7. The summed E-state index contributed by atoms with van der Waals surface area (Å²) >= 11 is 0. The van der Waals surface area contributed by atoms with E-state index in [1.807, 2.05) is 20.8 Å². The number of carbonyl (C=O) groups is 1. The zero-order valence-electron chi connectivity index (χ0n) is 8.87. The van der Waals surface area contributed by atoms with E-state index in [0.717, 1.165) is 12.2 Å². The summed E-state index contributed by atoms with van der Waals surface area (Å²) in [6.07, 6.45) is 0.762. The Labute approximate surface area is 83.5 Å². The molecule has 0 aromatic carbocycles. The van der Waals surface area contributed by atoms with Crippen LogP contribution in [-0.2, 0) is 6.42 Å². The van der Waals surface area contributed by atoms with Gasteiger partial charge in [0, 0.05) is 19.5 Å². The Bertz CT molecular complexity index is 304. The van der Waals surface area contributed by atoms with Gasteiger partial charge in [0.1, 0.15) is 5.82 Å². The lowest BCUT2D eigenvalue weighted by molar-refractivity contribution is 0.0761. The molecule has 0 fully saturated rings. The molecule has 0 saturated heterocycles. The number of rotatable bonds is 4. The van der Waals surface area contributed by atoms with Gasteiger partial charge >= 0.3 is 0 Å². The van der Waals surface area contributed by atoms with Gasteiger partial charge in [-0.1, -0.05) is 6.92 Å². The Kier molecular flexibility index (Phi) is 3.62. The first-order valence-corrected chi connectivity index (χ1v) is 4.93. The molecular formula is C9H16N4O. The number of amides is 1. The number of aryl methyl sites for hydroxylation is 1. The van der Waals surface area contributed by atoms with Crippen LogP contribution in [0.15, 0.2) is 0 Å². The molecule has 0 bridgehead atoms. The molecular weight excluding hydrogens is 180 g/mol. The minimum Gasteiger partial charge on any atom is -0.336 e. The quantitative estimate of drug-likeness (QED) is 0.776. The van der Waals surface area contributed by atoms with E-state index in [2.05, 4.69) is 15.2 Å². The summed E-state index contributed by atoms with van der Waals surface area (Å²) in [4.78, 5) is 17.5. The second-order valence-electron chi connectivity index (χ2n) is 2.94. The van der Waals surface area contributed by atoms with E-state index in [4.69, 9.17) is 0 Å². The van der Waals surface area contributed by atoms with Crippen molar-refractivity contribution in [1.82, 2.24) is 20.1 Å². The Hall–Kier alpha value is -1.39. The van der Waals surface area contributed by atoms with Gasteiger partial charge in [-0.05, 0) is 13.8 Å².